The van der Waals surface area contributed by atoms with Crippen molar-refractivity contribution in [2.45, 2.75) is 20.5 Å². The van der Waals surface area contributed by atoms with Crippen molar-refractivity contribution in [1.82, 2.24) is 5.32 Å². The molecule has 3 rings (SSSR count). The maximum atomic E-state index is 12.0. The van der Waals surface area contributed by atoms with Crippen LogP contribution in [0.3, 0.4) is 0 Å². The summed E-state index contributed by atoms with van der Waals surface area (Å²) in [5.41, 5.74) is 3.04. The molecular formula is C21H20N2O4S. The van der Waals surface area contributed by atoms with Gasteiger partial charge in [0.15, 0.2) is 16.7 Å². The van der Waals surface area contributed by atoms with Crippen molar-refractivity contribution in [1.29, 1.82) is 0 Å². The minimum atomic E-state index is -0.382. The van der Waals surface area contributed by atoms with Gasteiger partial charge in [0.2, 0.25) is 5.91 Å². The second-order valence-electron chi connectivity index (χ2n) is 6.14. The van der Waals surface area contributed by atoms with Gasteiger partial charge in [0.1, 0.15) is 6.61 Å². The van der Waals surface area contributed by atoms with Crippen molar-refractivity contribution in [3.63, 3.8) is 0 Å². The van der Waals surface area contributed by atoms with Crippen LogP contribution in [0.2, 0.25) is 0 Å². The van der Waals surface area contributed by atoms with Crippen LogP contribution in [0, 0.1) is 6.92 Å². The van der Waals surface area contributed by atoms with E-state index in [-0.39, 0.29) is 17.0 Å². The van der Waals surface area contributed by atoms with Gasteiger partial charge in [-0.3, -0.25) is 9.59 Å². The number of ether oxygens (including phenoxy) is 2. The molecule has 1 aliphatic heterocycles. The fourth-order valence-electron chi connectivity index (χ4n) is 2.59. The molecule has 0 bridgehead atoms. The van der Waals surface area contributed by atoms with Crippen LogP contribution < -0.4 is 14.8 Å². The first-order valence-electron chi connectivity index (χ1n) is 8.62. The summed E-state index contributed by atoms with van der Waals surface area (Å²) in [6.45, 7) is 3.85. The molecule has 0 radical (unpaired) electrons. The first-order valence-corrected chi connectivity index (χ1v) is 9.43. The number of carbonyl (C=O) groups is 2. The summed E-state index contributed by atoms with van der Waals surface area (Å²) in [7, 11) is 1.57. The average Bonchev–Trinajstić information content (AvgIpc) is 2.99. The molecule has 1 aliphatic rings. The first kappa shape index (κ1) is 19.7. The lowest BCUT2D eigenvalue weighted by molar-refractivity contribution is -0.117. The summed E-state index contributed by atoms with van der Waals surface area (Å²) in [4.78, 5) is 27.4. The number of amidine groups is 1. The Hall–Kier alpha value is -3.06. The van der Waals surface area contributed by atoms with E-state index in [0.717, 1.165) is 28.5 Å². The van der Waals surface area contributed by atoms with Crippen LogP contribution in [0.4, 0.5) is 0 Å². The van der Waals surface area contributed by atoms with Gasteiger partial charge < -0.3 is 14.8 Å². The number of hydrogen-bond acceptors (Lipinski definition) is 5. The van der Waals surface area contributed by atoms with E-state index >= 15 is 0 Å². The Morgan fingerprint density at radius 3 is 2.71 bits per heavy atom. The van der Waals surface area contributed by atoms with E-state index in [2.05, 4.69) is 10.3 Å². The number of aliphatic imine (C=N–C) groups is 1. The largest absolute Gasteiger partial charge is 0.493 e. The Balaban J connectivity index is 1.74. The molecule has 0 saturated carbocycles. The van der Waals surface area contributed by atoms with Crippen LogP contribution in [0.5, 0.6) is 11.5 Å². The third-order valence-corrected chi connectivity index (χ3v) is 4.93. The normalized spacial score (nSPS) is 14.8. The Morgan fingerprint density at radius 1 is 1.21 bits per heavy atom. The lowest BCUT2D eigenvalue weighted by Crippen LogP contribution is -2.23. The Morgan fingerprint density at radius 2 is 2.00 bits per heavy atom. The molecule has 7 heteroatoms. The maximum Gasteiger partial charge on any atom is 0.286 e. The zero-order valence-electron chi connectivity index (χ0n) is 15.8. The van der Waals surface area contributed by atoms with Gasteiger partial charge in [-0.25, -0.2) is 0 Å². The zero-order chi connectivity index (χ0) is 20.1. The second-order valence-corrected chi connectivity index (χ2v) is 7.17. The molecule has 0 saturated heterocycles. The van der Waals surface area contributed by atoms with Crippen molar-refractivity contribution in [2.75, 3.05) is 7.11 Å². The van der Waals surface area contributed by atoms with Gasteiger partial charge in [0, 0.05) is 6.92 Å². The monoisotopic (exact) mass is 396 g/mol. The van der Waals surface area contributed by atoms with E-state index in [1.54, 1.807) is 19.3 Å². The molecule has 0 unspecified atom stereocenters. The number of hydrogen-bond donors (Lipinski definition) is 1. The van der Waals surface area contributed by atoms with Crippen molar-refractivity contribution < 1.29 is 19.1 Å². The van der Waals surface area contributed by atoms with E-state index < -0.39 is 0 Å². The zero-order valence-corrected chi connectivity index (χ0v) is 16.6. The van der Waals surface area contributed by atoms with E-state index in [0.29, 0.717) is 23.0 Å². The lowest BCUT2D eigenvalue weighted by atomic mass is 10.1. The molecule has 1 N–H and O–H groups in total. The Bertz CT molecular complexity index is 982. The Kier molecular flexibility index (Phi) is 6.16. The van der Waals surface area contributed by atoms with Crippen LogP contribution in [-0.2, 0) is 16.2 Å². The van der Waals surface area contributed by atoms with Crippen LogP contribution in [0.25, 0.3) is 6.08 Å². The van der Waals surface area contributed by atoms with E-state index in [4.69, 9.17) is 9.47 Å². The quantitative estimate of drug-likeness (QED) is 0.780. The highest BCUT2D eigenvalue weighted by Gasteiger charge is 2.22. The molecule has 2 aromatic rings. The van der Waals surface area contributed by atoms with Gasteiger partial charge in [-0.1, -0.05) is 30.3 Å². The van der Waals surface area contributed by atoms with Crippen LogP contribution in [0.15, 0.2) is 52.4 Å². The van der Waals surface area contributed by atoms with Gasteiger partial charge in [-0.2, -0.15) is 4.99 Å². The van der Waals surface area contributed by atoms with Crippen molar-refractivity contribution in [3.8, 4) is 11.5 Å². The number of amides is 2. The molecule has 2 amide bonds. The number of methoxy groups -OCH3 is 1. The molecule has 144 valence electrons. The van der Waals surface area contributed by atoms with Gasteiger partial charge in [-0.15, -0.1) is 0 Å². The second kappa shape index (κ2) is 8.75. The van der Waals surface area contributed by atoms with Crippen LogP contribution in [-0.4, -0.2) is 24.1 Å². The Labute approximate surface area is 167 Å². The van der Waals surface area contributed by atoms with Crippen LogP contribution in [0.1, 0.15) is 23.6 Å². The van der Waals surface area contributed by atoms with Gasteiger partial charge in [0.25, 0.3) is 5.91 Å². The lowest BCUT2D eigenvalue weighted by Gasteiger charge is -2.12. The van der Waals surface area contributed by atoms with E-state index in [9.17, 15) is 9.59 Å². The molecule has 6 nitrogen and oxygen atoms in total. The fourth-order valence-corrected chi connectivity index (χ4v) is 3.44. The van der Waals surface area contributed by atoms with Crippen LogP contribution >= 0.6 is 11.8 Å². The maximum absolute atomic E-state index is 12.0. The summed E-state index contributed by atoms with van der Waals surface area (Å²) in [6.07, 6.45) is 1.71. The summed E-state index contributed by atoms with van der Waals surface area (Å²) in [5, 5.41) is 2.81. The highest BCUT2D eigenvalue weighted by Crippen LogP contribution is 2.32. The number of thioether (sulfide) groups is 1. The molecule has 1 heterocycles. The highest BCUT2D eigenvalue weighted by atomic mass is 32.2. The smallest absolute Gasteiger partial charge is 0.286 e. The molecule has 2 aromatic carbocycles. The number of aryl methyl sites for hydroxylation is 1. The number of nitrogens with zero attached hydrogens (tertiary/aromatic N) is 1. The summed E-state index contributed by atoms with van der Waals surface area (Å²) in [6, 6.07) is 13.5. The SMILES string of the molecule is COc1cc(C=C2SC(NC(C)=O)=NC2=O)ccc1OCc1ccccc1C. The average molecular weight is 396 g/mol. The minimum absolute atomic E-state index is 0.267. The molecular weight excluding hydrogens is 376 g/mol. The van der Waals surface area contributed by atoms with Gasteiger partial charge in [-0.05, 0) is 53.6 Å². The molecule has 28 heavy (non-hydrogen) atoms. The number of carbonyl (C=O) groups excluding carboxylic acids is 2. The van der Waals surface area contributed by atoms with Crippen molar-refractivity contribution >= 4 is 34.8 Å². The van der Waals surface area contributed by atoms with Crippen molar-refractivity contribution in [3.05, 3.63) is 64.1 Å². The molecule has 0 aromatic heterocycles. The molecule has 0 spiro atoms. The predicted octanol–water partition coefficient (Wildman–Crippen LogP) is 3.69. The highest BCUT2D eigenvalue weighted by molar-refractivity contribution is 8.18. The van der Waals surface area contributed by atoms with E-state index in [1.165, 1.54) is 6.92 Å². The summed E-state index contributed by atoms with van der Waals surface area (Å²) >= 11 is 1.13. The fraction of sp³-hybridized carbons (Fsp3) is 0.190. The van der Waals surface area contributed by atoms with Gasteiger partial charge in [0.05, 0.1) is 12.0 Å². The van der Waals surface area contributed by atoms with Crippen molar-refractivity contribution in [2.24, 2.45) is 4.99 Å². The molecule has 0 atom stereocenters. The predicted molar refractivity (Wildman–Crippen MR) is 110 cm³/mol. The summed E-state index contributed by atoms with van der Waals surface area (Å²) in [5.74, 6) is 0.541. The van der Waals surface area contributed by atoms with Gasteiger partial charge >= 0.3 is 0 Å². The standard InChI is InChI=1S/C21H20N2O4S/c1-13-6-4-5-7-16(13)12-27-17-9-8-15(10-18(17)26-3)11-19-20(25)23-21(28-19)22-14(2)24/h4-11H,12H2,1-3H3,(H,22,23,24,25). The molecule has 0 aliphatic carbocycles. The molecule has 0 fully saturated rings. The topological polar surface area (TPSA) is 77.0 Å². The number of nitrogens with one attached hydrogen (secondary N) is 1. The third-order valence-electron chi connectivity index (χ3n) is 4.03. The first-order chi connectivity index (χ1) is 13.5. The minimum Gasteiger partial charge on any atom is -0.493 e. The van der Waals surface area contributed by atoms with E-state index in [1.807, 2.05) is 43.3 Å². The third kappa shape index (κ3) is 4.80. The summed E-state index contributed by atoms with van der Waals surface area (Å²) < 4.78 is 11.4. The number of rotatable bonds is 5. The number of benzene rings is 2.